The number of hydrogen-bond donors (Lipinski definition) is 0. The van der Waals surface area contributed by atoms with Gasteiger partial charge in [-0.3, -0.25) is 14.7 Å². The van der Waals surface area contributed by atoms with E-state index in [0.717, 1.165) is 36.6 Å². The van der Waals surface area contributed by atoms with Crippen LogP contribution in [0.5, 0.6) is 0 Å². The fourth-order valence-corrected chi connectivity index (χ4v) is 6.35. The molecule has 1 aromatic carbocycles. The molecule has 0 aliphatic carbocycles. The zero-order valence-electron chi connectivity index (χ0n) is 18.3. The molecule has 3 aliphatic rings. The lowest BCUT2D eigenvalue weighted by Crippen LogP contribution is -2.60. The van der Waals surface area contributed by atoms with Crippen LogP contribution in [0, 0.1) is 25.7 Å². The number of nitrogens with zero attached hydrogens (tertiary/aromatic N) is 3. The number of piperidine rings is 3. The fourth-order valence-electron chi connectivity index (χ4n) is 6.35. The van der Waals surface area contributed by atoms with Crippen molar-refractivity contribution in [1.82, 2.24) is 14.8 Å². The summed E-state index contributed by atoms with van der Waals surface area (Å²) in [6, 6.07) is 16.4. The van der Waals surface area contributed by atoms with Gasteiger partial charge in [0.1, 0.15) is 0 Å². The summed E-state index contributed by atoms with van der Waals surface area (Å²) in [5.74, 6) is 1.52. The van der Waals surface area contributed by atoms with Crippen LogP contribution in [0.25, 0.3) is 0 Å². The van der Waals surface area contributed by atoms with Crippen LogP contribution in [0.15, 0.2) is 42.5 Å². The van der Waals surface area contributed by atoms with E-state index in [-0.39, 0.29) is 0 Å². The van der Waals surface area contributed by atoms with Gasteiger partial charge in [0.2, 0.25) is 5.91 Å². The van der Waals surface area contributed by atoms with E-state index >= 15 is 0 Å². The molecule has 1 amide bonds. The van der Waals surface area contributed by atoms with Crippen LogP contribution < -0.4 is 0 Å². The van der Waals surface area contributed by atoms with Gasteiger partial charge < -0.3 is 4.90 Å². The highest BCUT2D eigenvalue weighted by atomic mass is 16.2. The average Bonchev–Trinajstić information content (AvgIpc) is 2.73. The number of benzene rings is 1. The number of carbonyl (C=O) groups is 1. The summed E-state index contributed by atoms with van der Waals surface area (Å²) in [6.45, 7) is 7.00. The number of carbonyl (C=O) groups excluding carboxylic acids is 1. The van der Waals surface area contributed by atoms with E-state index < -0.39 is 0 Å². The van der Waals surface area contributed by atoms with Gasteiger partial charge in [0, 0.05) is 43.1 Å². The predicted molar refractivity (Wildman–Crippen MR) is 119 cm³/mol. The van der Waals surface area contributed by atoms with Gasteiger partial charge in [-0.15, -0.1) is 0 Å². The minimum atomic E-state index is 0.290. The van der Waals surface area contributed by atoms with Crippen LogP contribution in [0.1, 0.15) is 54.2 Å². The quantitative estimate of drug-likeness (QED) is 0.766. The Morgan fingerprint density at radius 3 is 2.57 bits per heavy atom. The van der Waals surface area contributed by atoms with E-state index in [1.807, 2.05) is 13.8 Å². The Morgan fingerprint density at radius 2 is 1.80 bits per heavy atom. The molecule has 0 radical (unpaired) electrons. The summed E-state index contributed by atoms with van der Waals surface area (Å²) in [4.78, 5) is 22.6. The maximum atomic E-state index is 13.2. The molecule has 0 saturated carbocycles. The van der Waals surface area contributed by atoms with Gasteiger partial charge >= 0.3 is 0 Å². The second-order valence-corrected chi connectivity index (χ2v) is 9.72. The molecule has 1 aromatic heterocycles. The SMILES string of the molecule is Cc1cc(CC(=O)N2C[C@@H]3C[C@H](C2)[C@@H]2CCC[C@H](c4ccccc4)N2C3)cc(C)n1. The van der Waals surface area contributed by atoms with Gasteiger partial charge in [-0.2, -0.15) is 0 Å². The maximum Gasteiger partial charge on any atom is 0.227 e. The standard InChI is InChI=1S/C26H33N3O/c1-18-11-20(12-19(2)27-18)14-26(30)28-15-21-13-23(17-28)25-10-6-9-24(29(25)16-21)22-7-4-3-5-8-22/h3-5,7-8,11-12,21,23-25H,6,9-10,13-17H2,1-2H3/t21-,23+,24+,25-/m0/s1. The van der Waals surface area contributed by atoms with E-state index in [2.05, 4.69) is 57.2 Å². The van der Waals surface area contributed by atoms with E-state index in [1.54, 1.807) is 0 Å². The maximum absolute atomic E-state index is 13.2. The molecule has 5 rings (SSSR count). The zero-order valence-corrected chi connectivity index (χ0v) is 18.3. The Morgan fingerprint density at radius 1 is 1.03 bits per heavy atom. The molecular formula is C26H33N3O. The number of pyridine rings is 1. The fraction of sp³-hybridized carbons (Fsp3) is 0.538. The Hall–Kier alpha value is -2.20. The van der Waals surface area contributed by atoms with Crippen molar-refractivity contribution in [3.8, 4) is 0 Å². The Balaban J connectivity index is 1.30. The summed E-state index contributed by atoms with van der Waals surface area (Å²) < 4.78 is 0. The van der Waals surface area contributed by atoms with Gasteiger partial charge in [0.05, 0.1) is 6.42 Å². The number of rotatable bonds is 3. The molecule has 0 unspecified atom stereocenters. The molecular weight excluding hydrogens is 370 g/mol. The lowest BCUT2D eigenvalue weighted by Gasteiger charge is -2.55. The minimum Gasteiger partial charge on any atom is -0.342 e. The smallest absolute Gasteiger partial charge is 0.227 e. The monoisotopic (exact) mass is 403 g/mol. The third-order valence-electron chi connectivity index (χ3n) is 7.42. The number of amides is 1. The second-order valence-electron chi connectivity index (χ2n) is 9.72. The number of aromatic nitrogens is 1. The highest BCUT2D eigenvalue weighted by Gasteiger charge is 2.45. The van der Waals surface area contributed by atoms with Crippen molar-refractivity contribution in [2.24, 2.45) is 11.8 Å². The summed E-state index contributed by atoms with van der Waals surface area (Å²) in [5.41, 5.74) is 4.57. The highest BCUT2D eigenvalue weighted by Crippen LogP contribution is 2.44. The van der Waals surface area contributed by atoms with Gasteiger partial charge in [-0.05, 0) is 74.6 Å². The molecule has 3 aliphatic heterocycles. The summed E-state index contributed by atoms with van der Waals surface area (Å²) in [6.07, 6.45) is 5.64. The largest absolute Gasteiger partial charge is 0.342 e. The zero-order chi connectivity index (χ0) is 20.7. The molecule has 0 N–H and O–H groups in total. The van der Waals surface area contributed by atoms with Gasteiger partial charge in [-0.1, -0.05) is 30.3 Å². The van der Waals surface area contributed by atoms with E-state index in [0.29, 0.717) is 36.2 Å². The third kappa shape index (κ3) is 3.90. The van der Waals surface area contributed by atoms with E-state index in [4.69, 9.17) is 0 Å². The molecule has 4 atom stereocenters. The minimum absolute atomic E-state index is 0.290. The number of aryl methyl sites for hydroxylation is 2. The van der Waals surface area contributed by atoms with Crippen LogP contribution in [0.3, 0.4) is 0 Å². The Bertz CT molecular complexity index is 891. The predicted octanol–water partition coefficient (Wildman–Crippen LogP) is 4.32. The lowest BCUT2D eigenvalue weighted by atomic mass is 9.74. The first-order valence-electron chi connectivity index (χ1n) is 11.6. The van der Waals surface area contributed by atoms with Gasteiger partial charge in [0.15, 0.2) is 0 Å². The van der Waals surface area contributed by atoms with Crippen molar-refractivity contribution in [2.45, 2.75) is 58.0 Å². The number of hydrogen-bond acceptors (Lipinski definition) is 3. The topological polar surface area (TPSA) is 36.4 Å². The van der Waals surface area contributed by atoms with Crippen molar-refractivity contribution in [1.29, 1.82) is 0 Å². The molecule has 0 spiro atoms. The Kier molecular flexibility index (Phi) is 5.36. The first-order valence-corrected chi connectivity index (χ1v) is 11.6. The second kappa shape index (κ2) is 8.14. The van der Waals surface area contributed by atoms with Gasteiger partial charge in [-0.25, -0.2) is 0 Å². The van der Waals surface area contributed by atoms with Crippen LogP contribution >= 0.6 is 0 Å². The van der Waals surface area contributed by atoms with E-state index in [1.165, 1.54) is 31.2 Å². The van der Waals surface area contributed by atoms with Crippen LogP contribution in [0.2, 0.25) is 0 Å². The van der Waals surface area contributed by atoms with Crippen LogP contribution in [-0.2, 0) is 11.2 Å². The highest BCUT2D eigenvalue weighted by molar-refractivity contribution is 5.79. The molecule has 4 heterocycles. The van der Waals surface area contributed by atoms with Crippen molar-refractivity contribution in [3.63, 3.8) is 0 Å². The average molecular weight is 404 g/mol. The van der Waals surface area contributed by atoms with Crippen molar-refractivity contribution < 1.29 is 4.79 Å². The molecule has 2 bridgehead atoms. The molecule has 2 aromatic rings. The summed E-state index contributed by atoms with van der Waals surface area (Å²) in [5, 5.41) is 0. The van der Waals surface area contributed by atoms with Crippen molar-refractivity contribution in [3.05, 3.63) is 65.0 Å². The normalized spacial score (nSPS) is 28.8. The first kappa shape index (κ1) is 19.7. The molecule has 158 valence electrons. The van der Waals surface area contributed by atoms with Crippen molar-refractivity contribution in [2.75, 3.05) is 19.6 Å². The molecule has 3 fully saturated rings. The number of fused-ring (bicyclic) bond motifs is 4. The molecule has 4 nitrogen and oxygen atoms in total. The van der Waals surface area contributed by atoms with Crippen molar-refractivity contribution >= 4 is 5.91 Å². The van der Waals surface area contributed by atoms with E-state index in [9.17, 15) is 4.79 Å². The first-order chi connectivity index (χ1) is 14.6. The van der Waals surface area contributed by atoms with Gasteiger partial charge in [0.25, 0.3) is 0 Å². The lowest BCUT2D eigenvalue weighted by molar-refractivity contribution is -0.138. The van der Waals surface area contributed by atoms with Crippen LogP contribution in [0.4, 0.5) is 0 Å². The Labute approximate surface area is 180 Å². The summed E-state index contributed by atoms with van der Waals surface area (Å²) >= 11 is 0. The number of likely N-dealkylation sites (tertiary alicyclic amines) is 1. The molecule has 3 saturated heterocycles. The third-order valence-corrected chi connectivity index (χ3v) is 7.42. The summed E-state index contributed by atoms with van der Waals surface area (Å²) in [7, 11) is 0. The van der Waals surface area contributed by atoms with Crippen LogP contribution in [-0.4, -0.2) is 46.4 Å². The molecule has 4 heteroatoms. The molecule has 30 heavy (non-hydrogen) atoms.